The van der Waals surface area contributed by atoms with Gasteiger partial charge in [0.1, 0.15) is 0 Å². The monoisotopic (exact) mass is 344 g/mol. The number of hydrazine groups is 1. The van der Waals surface area contributed by atoms with Crippen molar-refractivity contribution >= 4 is 23.5 Å². The highest BCUT2D eigenvalue weighted by atomic mass is 16.2. The van der Waals surface area contributed by atoms with Crippen LogP contribution in [0.15, 0.2) is 36.9 Å². The first kappa shape index (κ1) is 18.5. The van der Waals surface area contributed by atoms with E-state index in [-0.39, 0.29) is 30.3 Å². The average Bonchev–Trinajstić information content (AvgIpc) is 2.62. The quantitative estimate of drug-likeness (QED) is 0.486. The number of carbonyl (C=O) groups is 3. The van der Waals surface area contributed by atoms with Crippen LogP contribution in [0.3, 0.4) is 0 Å². The van der Waals surface area contributed by atoms with Crippen molar-refractivity contribution in [2.24, 2.45) is 0 Å². The summed E-state index contributed by atoms with van der Waals surface area (Å²) in [6, 6.07) is 6.67. The molecule has 0 unspecified atom stereocenters. The Morgan fingerprint density at radius 2 is 1.72 bits per heavy atom. The Labute approximate surface area is 147 Å². The fourth-order valence-corrected chi connectivity index (χ4v) is 2.72. The average molecular weight is 344 g/mol. The third-order valence-corrected chi connectivity index (χ3v) is 4.03. The number of rotatable bonds is 5. The third-order valence-electron chi connectivity index (χ3n) is 4.03. The lowest BCUT2D eigenvalue weighted by Gasteiger charge is -2.22. The molecule has 1 aliphatic carbocycles. The van der Waals surface area contributed by atoms with Crippen molar-refractivity contribution in [2.45, 2.75) is 44.6 Å². The number of anilines is 1. The zero-order valence-electron chi connectivity index (χ0n) is 14.1. The van der Waals surface area contributed by atoms with Gasteiger partial charge in [0.15, 0.2) is 0 Å². The smallest absolute Gasteiger partial charge is 0.333 e. The van der Waals surface area contributed by atoms with Crippen molar-refractivity contribution in [3.8, 4) is 0 Å². The Balaban J connectivity index is 1.71. The number of urea groups is 1. The summed E-state index contributed by atoms with van der Waals surface area (Å²) in [4.78, 5) is 34.8. The van der Waals surface area contributed by atoms with Gasteiger partial charge in [-0.15, -0.1) is 0 Å². The summed E-state index contributed by atoms with van der Waals surface area (Å²) >= 11 is 0. The highest BCUT2D eigenvalue weighted by Gasteiger charge is 2.15. The molecule has 25 heavy (non-hydrogen) atoms. The number of benzene rings is 1. The largest absolute Gasteiger partial charge is 0.334 e. The maximum absolute atomic E-state index is 11.9. The van der Waals surface area contributed by atoms with Gasteiger partial charge < -0.3 is 10.6 Å². The fraction of sp³-hybridized carbons (Fsp3) is 0.389. The van der Waals surface area contributed by atoms with E-state index >= 15 is 0 Å². The molecule has 1 saturated carbocycles. The van der Waals surface area contributed by atoms with E-state index in [9.17, 15) is 14.4 Å². The van der Waals surface area contributed by atoms with Gasteiger partial charge in [0, 0.05) is 11.7 Å². The zero-order valence-corrected chi connectivity index (χ0v) is 14.1. The van der Waals surface area contributed by atoms with E-state index in [0.29, 0.717) is 5.69 Å². The van der Waals surface area contributed by atoms with E-state index in [2.05, 4.69) is 28.1 Å². The predicted octanol–water partition coefficient (Wildman–Crippen LogP) is 2.02. The molecule has 4 N–H and O–H groups in total. The summed E-state index contributed by atoms with van der Waals surface area (Å²) in [7, 11) is 0. The normalized spacial score (nSPS) is 14.2. The number of amides is 4. The molecule has 134 valence electrons. The topological polar surface area (TPSA) is 99.3 Å². The summed E-state index contributed by atoms with van der Waals surface area (Å²) in [6.45, 7) is 3.38. The van der Waals surface area contributed by atoms with Gasteiger partial charge >= 0.3 is 6.03 Å². The van der Waals surface area contributed by atoms with Crippen LogP contribution in [0.4, 0.5) is 10.5 Å². The Kier molecular flexibility index (Phi) is 7.00. The molecule has 2 rings (SSSR count). The minimum absolute atomic E-state index is 0.124. The summed E-state index contributed by atoms with van der Waals surface area (Å²) < 4.78 is 0. The third kappa shape index (κ3) is 6.66. The number of hydrogen-bond donors (Lipinski definition) is 4. The van der Waals surface area contributed by atoms with Crippen LogP contribution in [0.25, 0.3) is 0 Å². The van der Waals surface area contributed by atoms with Crippen LogP contribution in [-0.4, -0.2) is 23.9 Å². The molecular weight excluding hydrogens is 320 g/mol. The molecule has 1 aliphatic rings. The van der Waals surface area contributed by atoms with Gasteiger partial charge in [-0.1, -0.05) is 38.0 Å². The molecule has 0 bridgehead atoms. The van der Waals surface area contributed by atoms with E-state index in [0.717, 1.165) is 31.2 Å². The van der Waals surface area contributed by atoms with Crippen molar-refractivity contribution < 1.29 is 14.4 Å². The predicted molar refractivity (Wildman–Crippen MR) is 95.7 cm³/mol. The van der Waals surface area contributed by atoms with Crippen molar-refractivity contribution in [3.05, 3.63) is 42.5 Å². The Morgan fingerprint density at radius 3 is 2.36 bits per heavy atom. The van der Waals surface area contributed by atoms with Gasteiger partial charge in [-0.25, -0.2) is 10.2 Å². The van der Waals surface area contributed by atoms with Crippen LogP contribution in [0.5, 0.6) is 0 Å². The lowest BCUT2D eigenvalue weighted by Crippen LogP contribution is -2.50. The van der Waals surface area contributed by atoms with E-state index in [1.54, 1.807) is 24.3 Å². The molecule has 0 atom stereocenters. The molecule has 4 amide bonds. The van der Waals surface area contributed by atoms with Crippen LogP contribution in [0, 0.1) is 0 Å². The Bertz CT molecular complexity index is 622. The minimum atomic E-state index is -0.386. The van der Waals surface area contributed by atoms with Gasteiger partial charge in [0.25, 0.3) is 0 Å². The maximum Gasteiger partial charge on any atom is 0.333 e. The molecule has 1 aromatic carbocycles. The molecule has 7 heteroatoms. The molecule has 0 radical (unpaired) electrons. The molecule has 0 aromatic heterocycles. The number of nitrogens with one attached hydrogen (secondary N) is 4. The first-order chi connectivity index (χ1) is 12.1. The molecular formula is C18H24N4O3. The van der Waals surface area contributed by atoms with Gasteiger partial charge in [0.05, 0.1) is 6.42 Å². The van der Waals surface area contributed by atoms with Crippen LogP contribution in [0.2, 0.25) is 0 Å². The standard InChI is InChI=1S/C18H24N4O3/c1-2-16(23)19-15-10-8-13(9-11-15)12-17(24)21-22-18(25)20-14-6-4-3-5-7-14/h2,8-11,14H,1,3-7,12H2,(H,19,23)(H,21,24)(H2,20,22,25). The first-order valence-electron chi connectivity index (χ1n) is 8.44. The number of carbonyl (C=O) groups excluding carboxylic acids is 3. The van der Waals surface area contributed by atoms with Crippen LogP contribution < -0.4 is 21.5 Å². The maximum atomic E-state index is 11.9. The Hall–Kier alpha value is -2.83. The Morgan fingerprint density at radius 1 is 1.04 bits per heavy atom. The van der Waals surface area contributed by atoms with E-state index in [4.69, 9.17) is 0 Å². The molecule has 1 fully saturated rings. The zero-order chi connectivity index (χ0) is 18.1. The molecule has 7 nitrogen and oxygen atoms in total. The molecule has 1 aromatic rings. The second-order valence-corrected chi connectivity index (χ2v) is 6.05. The second-order valence-electron chi connectivity index (χ2n) is 6.05. The highest BCUT2D eigenvalue weighted by molar-refractivity contribution is 5.98. The SMILES string of the molecule is C=CC(=O)Nc1ccc(CC(=O)NNC(=O)NC2CCCCC2)cc1. The lowest BCUT2D eigenvalue weighted by atomic mass is 9.96. The minimum Gasteiger partial charge on any atom is -0.334 e. The highest BCUT2D eigenvalue weighted by Crippen LogP contribution is 2.17. The summed E-state index contributed by atoms with van der Waals surface area (Å²) in [5, 5.41) is 5.48. The summed E-state index contributed by atoms with van der Waals surface area (Å²) in [5.74, 6) is -0.611. The van der Waals surface area contributed by atoms with Crippen molar-refractivity contribution in [1.82, 2.24) is 16.2 Å². The van der Waals surface area contributed by atoms with Crippen LogP contribution in [-0.2, 0) is 16.0 Å². The summed E-state index contributed by atoms with van der Waals surface area (Å²) in [6.07, 6.45) is 6.74. The van der Waals surface area contributed by atoms with Crippen LogP contribution >= 0.6 is 0 Å². The molecule has 0 aliphatic heterocycles. The fourth-order valence-electron chi connectivity index (χ4n) is 2.72. The van der Waals surface area contributed by atoms with Gasteiger partial charge in [-0.05, 0) is 36.6 Å². The first-order valence-corrected chi connectivity index (χ1v) is 8.44. The van der Waals surface area contributed by atoms with Crippen molar-refractivity contribution in [3.63, 3.8) is 0 Å². The molecule has 0 saturated heterocycles. The second kappa shape index (κ2) is 9.46. The molecule has 0 spiro atoms. The molecule has 0 heterocycles. The van der Waals surface area contributed by atoms with Gasteiger partial charge in [-0.2, -0.15) is 0 Å². The van der Waals surface area contributed by atoms with Crippen molar-refractivity contribution in [2.75, 3.05) is 5.32 Å². The lowest BCUT2D eigenvalue weighted by molar-refractivity contribution is -0.121. The number of hydrogen-bond acceptors (Lipinski definition) is 3. The van der Waals surface area contributed by atoms with Gasteiger partial charge in [0.2, 0.25) is 11.8 Å². The van der Waals surface area contributed by atoms with E-state index < -0.39 is 0 Å². The van der Waals surface area contributed by atoms with Crippen LogP contribution in [0.1, 0.15) is 37.7 Å². The van der Waals surface area contributed by atoms with E-state index in [1.165, 1.54) is 12.5 Å². The van der Waals surface area contributed by atoms with Crippen molar-refractivity contribution in [1.29, 1.82) is 0 Å². The van der Waals surface area contributed by atoms with Gasteiger partial charge in [-0.3, -0.25) is 15.0 Å². The van der Waals surface area contributed by atoms with E-state index in [1.807, 2.05) is 0 Å². The summed E-state index contributed by atoms with van der Waals surface area (Å²) in [5.41, 5.74) is 6.16.